The van der Waals surface area contributed by atoms with Gasteiger partial charge in [-0.25, -0.2) is 4.39 Å². The molecule has 1 heterocycles. The van der Waals surface area contributed by atoms with E-state index in [2.05, 4.69) is 10.4 Å². The molecular weight excluding hydrogens is 245 g/mol. The van der Waals surface area contributed by atoms with Crippen molar-refractivity contribution in [1.82, 2.24) is 15.1 Å². The van der Waals surface area contributed by atoms with Crippen LogP contribution in [0.4, 0.5) is 4.39 Å². The van der Waals surface area contributed by atoms with Gasteiger partial charge in [0.25, 0.3) is 0 Å². The zero-order chi connectivity index (χ0) is 13.8. The van der Waals surface area contributed by atoms with E-state index in [4.69, 9.17) is 0 Å². The van der Waals surface area contributed by atoms with E-state index in [1.165, 1.54) is 6.07 Å². The van der Waals surface area contributed by atoms with E-state index < -0.39 is 0 Å². The summed E-state index contributed by atoms with van der Waals surface area (Å²) in [4.78, 5) is 11.9. The molecule has 0 aliphatic heterocycles. The van der Waals surface area contributed by atoms with Crippen molar-refractivity contribution in [2.24, 2.45) is 0 Å². The van der Waals surface area contributed by atoms with Gasteiger partial charge in [0, 0.05) is 18.9 Å². The van der Waals surface area contributed by atoms with Gasteiger partial charge < -0.3 is 5.32 Å². The van der Waals surface area contributed by atoms with E-state index in [0.717, 1.165) is 5.56 Å². The largest absolute Gasteiger partial charge is 0.350 e. The summed E-state index contributed by atoms with van der Waals surface area (Å²) in [6.45, 7) is 3.77. The highest BCUT2D eigenvalue weighted by atomic mass is 19.1. The second kappa shape index (κ2) is 5.65. The monoisotopic (exact) mass is 261 g/mol. The summed E-state index contributed by atoms with van der Waals surface area (Å²) in [5.74, 6) is -0.406. The highest BCUT2D eigenvalue weighted by Crippen LogP contribution is 2.09. The Kier molecular flexibility index (Phi) is 3.94. The van der Waals surface area contributed by atoms with Crippen molar-refractivity contribution in [1.29, 1.82) is 0 Å². The molecule has 2 aromatic rings. The Morgan fingerprint density at radius 2 is 2.32 bits per heavy atom. The molecule has 0 saturated carbocycles. The van der Waals surface area contributed by atoms with Crippen LogP contribution in [-0.2, 0) is 11.3 Å². The summed E-state index contributed by atoms with van der Waals surface area (Å²) < 4.78 is 14.9. The third-order valence-electron chi connectivity index (χ3n) is 3.00. The molecule has 2 rings (SSSR count). The fourth-order valence-corrected chi connectivity index (χ4v) is 1.71. The number of rotatable bonds is 4. The molecule has 1 aromatic carbocycles. The lowest BCUT2D eigenvalue weighted by Gasteiger charge is -2.12. The van der Waals surface area contributed by atoms with Gasteiger partial charge in [-0.3, -0.25) is 9.48 Å². The van der Waals surface area contributed by atoms with Crippen LogP contribution in [0.3, 0.4) is 0 Å². The van der Waals surface area contributed by atoms with E-state index in [-0.39, 0.29) is 17.8 Å². The van der Waals surface area contributed by atoms with Crippen LogP contribution < -0.4 is 5.32 Å². The molecule has 19 heavy (non-hydrogen) atoms. The first-order valence-electron chi connectivity index (χ1n) is 6.10. The Hall–Kier alpha value is -2.17. The first-order valence-corrected chi connectivity index (χ1v) is 6.10. The maximum atomic E-state index is 13.4. The van der Waals surface area contributed by atoms with Crippen LogP contribution in [-0.4, -0.2) is 15.7 Å². The summed E-state index contributed by atoms with van der Waals surface area (Å²) in [6, 6.07) is 6.32. The second-order valence-electron chi connectivity index (χ2n) is 4.46. The van der Waals surface area contributed by atoms with E-state index in [1.807, 2.05) is 0 Å². The van der Waals surface area contributed by atoms with Crippen molar-refractivity contribution in [2.75, 3.05) is 0 Å². The maximum absolute atomic E-state index is 13.4. The molecule has 0 fully saturated rings. The average Bonchev–Trinajstić information content (AvgIpc) is 2.93. The molecule has 0 aliphatic rings. The van der Waals surface area contributed by atoms with Gasteiger partial charge in [0.15, 0.2) is 0 Å². The highest BCUT2D eigenvalue weighted by molar-refractivity contribution is 5.79. The van der Waals surface area contributed by atoms with Gasteiger partial charge in [-0.15, -0.1) is 0 Å². The number of hydrogen-bond acceptors (Lipinski definition) is 2. The van der Waals surface area contributed by atoms with Crippen molar-refractivity contribution in [3.8, 4) is 0 Å². The molecule has 0 spiro atoms. The van der Waals surface area contributed by atoms with E-state index >= 15 is 0 Å². The van der Waals surface area contributed by atoms with Gasteiger partial charge >= 0.3 is 0 Å². The van der Waals surface area contributed by atoms with E-state index in [0.29, 0.717) is 12.1 Å². The zero-order valence-electron chi connectivity index (χ0n) is 10.9. The standard InChI is InChI=1S/C14H16FN3O/c1-10-4-5-12(8-13(10)15)9-16-14(19)11(2)18-7-3-6-17-18/h3-8,11H,9H2,1-2H3,(H,16,19). The Bertz CT molecular complexity index is 566. The van der Waals surface area contributed by atoms with Gasteiger partial charge in [-0.05, 0) is 37.1 Å². The van der Waals surface area contributed by atoms with Crippen molar-refractivity contribution in [3.63, 3.8) is 0 Å². The fraction of sp³-hybridized carbons (Fsp3) is 0.286. The van der Waals surface area contributed by atoms with Crippen LogP contribution in [0, 0.1) is 12.7 Å². The molecule has 100 valence electrons. The number of aryl methyl sites for hydroxylation is 1. The smallest absolute Gasteiger partial charge is 0.244 e. The van der Waals surface area contributed by atoms with Crippen molar-refractivity contribution in [2.45, 2.75) is 26.4 Å². The summed E-state index contributed by atoms with van der Waals surface area (Å²) in [7, 11) is 0. The number of carbonyl (C=O) groups excluding carboxylic acids is 1. The number of amides is 1. The zero-order valence-corrected chi connectivity index (χ0v) is 10.9. The lowest BCUT2D eigenvalue weighted by Crippen LogP contribution is -2.30. The lowest BCUT2D eigenvalue weighted by molar-refractivity contribution is -0.124. The minimum absolute atomic E-state index is 0.148. The van der Waals surface area contributed by atoms with Gasteiger partial charge in [0.1, 0.15) is 11.9 Å². The second-order valence-corrected chi connectivity index (χ2v) is 4.46. The summed E-state index contributed by atoms with van der Waals surface area (Å²) >= 11 is 0. The maximum Gasteiger partial charge on any atom is 0.244 e. The number of benzene rings is 1. The van der Waals surface area contributed by atoms with Gasteiger partial charge in [-0.2, -0.15) is 5.10 Å². The number of halogens is 1. The molecule has 0 saturated heterocycles. The highest BCUT2D eigenvalue weighted by Gasteiger charge is 2.14. The first-order chi connectivity index (χ1) is 9.08. The summed E-state index contributed by atoms with van der Waals surface area (Å²) in [5.41, 5.74) is 1.34. The Labute approximate surface area is 111 Å². The molecule has 4 nitrogen and oxygen atoms in total. The van der Waals surface area contributed by atoms with Crippen molar-refractivity contribution in [3.05, 3.63) is 53.6 Å². The van der Waals surface area contributed by atoms with Crippen LogP contribution >= 0.6 is 0 Å². The Balaban J connectivity index is 1.95. The quantitative estimate of drug-likeness (QED) is 0.917. The minimum Gasteiger partial charge on any atom is -0.350 e. The third-order valence-corrected chi connectivity index (χ3v) is 3.00. The van der Waals surface area contributed by atoms with Gasteiger partial charge in [-0.1, -0.05) is 12.1 Å². The fourth-order valence-electron chi connectivity index (χ4n) is 1.71. The summed E-state index contributed by atoms with van der Waals surface area (Å²) in [6.07, 6.45) is 3.36. The molecule has 5 heteroatoms. The Morgan fingerprint density at radius 3 is 2.95 bits per heavy atom. The van der Waals surface area contributed by atoms with Crippen LogP contribution in [0.2, 0.25) is 0 Å². The topological polar surface area (TPSA) is 46.9 Å². The predicted octanol–water partition coefficient (Wildman–Crippen LogP) is 2.21. The van der Waals surface area contributed by atoms with Crippen LogP contribution in [0.25, 0.3) is 0 Å². The van der Waals surface area contributed by atoms with E-state index in [9.17, 15) is 9.18 Å². The molecular formula is C14H16FN3O. The molecule has 1 aromatic heterocycles. The molecule has 1 atom stereocenters. The molecule has 1 unspecified atom stereocenters. The van der Waals surface area contributed by atoms with Crippen LogP contribution in [0.5, 0.6) is 0 Å². The third kappa shape index (κ3) is 3.19. The molecule has 1 N–H and O–H groups in total. The van der Waals surface area contributed by atoms with Crippen LogP contribution in [0.15, 0.2) is 36.7 Å². The molecule has 1 amide bonds. The molecule has 0 bridgehead atoms. The number of hydrogen-bond donors (Lipinski definition) is 1. The van der Waals surface area contributed by atoms with Crippen molar-refractivity contribution < 1.29 is 9.18 Å². The average molecular weight is 261 g/mol. The number of aromatic nitrogens is 2. The molecule has 0 aliphatic carbocycles. The van der Waals surface area contributed by atoms with Gasteiger partial charge in [0.2, 0.25) is 5.91 Å². The first kappa shape index (κ1) is 13.3. The normalized spacial score (nSPS) is 12.2. The molecule has 0 radical (unpaired) electrons. The number of carbonyl (C=O) groups is 1. The Morgan fingerprint density at radius 1 is 1.53 bits per heavy atom. The van der Waals surface area contributed by atoms with Crippen LogP contribution in [0.1, 0.15) is 24.1 Å². The lowest BCUT2D eigenvalue weighted by atomic mass is 10.1. The van der Waals surface area contributed by atoms with Gasteiger partial charge in [0.05, 0.1) is 0 Å². The number of nitrogens with zero attached hydrogens (tertiary/aromatic N) is 2. The SMILES string of the molecule is Cc1ccc(CNC(=O)C(C)n2cccn2)cc1F. The van der Waals surface area contributed by atoms with E-state index in [1.54, 1.807) is 49.1 Å². The predicted molar refractivity (Wildman–Crippen MR) is 69.9 cm³/mol. The summed E-state index contributed by atoms with van der Waals surface area (Å²) in [5, 5.41) is 6.78. The number of nitrogens with one attached hydrogen (secondary N) is 1. The minimum atomic E-state index is -0.384. The van der Waals surface area contributed by atoms with Crippen molar-refractivity contribution >= 4 is 5.91 Å².